The van der Waals surface area contributed by atoms with Crippen molar-refractivity contribution in [2.45, 2.75) is 31.8 Å². The number of fused-ring (bicyclic) bond motifs is 1. The Hall–Kier alpha value is -1.68. The van der Waals surface area contributed by atoms with Crippen molar-refractivity contribution >= 4 is 17.4 Å². The molecule has 100 valence electrons. The highest BCUT2D eigenvalue weighted by molar-refractivity contribution is 6.52. The highest BCUT2D eigenvalue weighted by Crippen LogP contribution is 2.29. The average Bonchev–Trinajstić information content (AvgIpc) is 3.02. The largest absolute Gasteiger partial charge is 0.378 e. The van der Waals surface area contributed by atoms with Crippen LogP contribution in [0.3, 0.4) is 0 Å². The van der Waals surface area contributed by atoms with E-state index in [-0.39, 0.29) is 5.78 Å². The van der Waals surface area contributed by atoms with Gasteiger partial charge in [-0.1, -0.05) is 12.1 Å². The molecule has 1 fully saturated rings. The monoisotopic (exact) mass is 259 g/mol. The molecule has 3 rings (SSSR count). The van der Waals surface area contributed by atoms with Crippen LogP contribution in [0.25, 0.3) is 0 Å². The van der Waals surface area contributed by atoms with Gasteiger partial charge in [0.15, 0.2) is 0 Å². The summed E-state index contributed by atoms with van der Waals surface area (Å²) in [7, 11) is 0. The van der Waals surface area contributed by atoms with Crippen molar-refractivity contribution < 1.29 is 14.3 Å². The maximum absolute atomic E-state index is 11.9. The van der Waals surface area contributed by atoms with Gasteiger partial charge in [-0.3, -0.25) is 9.59 Å². The Morgan fingerprint density at radius 2 is 2.11 bits per heavy atom. The van der Waals surface area contributed by atoms with Gasteiger partial charge in [-0.15, -0.1) is 0 Å². The van der Waals surface area contributed by atoms with Crippen molar-refractivity contribution in [2.75, 3.05) is 18.1 Å². The van der Waals surface area contributed by atoms with Gasteiger partial charge < -0.3 is 9.64 Å². The number of benzene rings is 1. The Balaban J connectivity index is 1.64. The van der Waals surface area contributed by atoms with Gasteiger partial charge in [0.1, 0.15) is 0 Å². The van der Waals surface area contributed by atoms with E-state index in [9.17, 15) is 9.59 Å². The van der Waals surface area contributed by atoms with Gasteiger partial charge in [-0.25, -0.2) is 0 Å². The molecule has 2 aliphatic heterocycles. The summed E-state index contributed by atoms with van der Waals surface area (Å²) in [5.74, 6) is -0.777. The first-order chi connectivity index (χ1) is 9.27. The molecule has 4 heteroatoms. The zero-order chi connectivity index (χ0) is 13.2. The first kappa shape index (κ1) is 12.4. The minimum Gasteiger partial charge on any atom is -0.378 e. The summed E-state index contributed by atoms with van der Waals surface area (Å²) in [6.07, 6.45) is 4.42. The predicted molar refractivity (Wildman–Crippen MR) is 71.3 cm³/mol. The molecule has 2 heterocycles. The number of nitrogens with zero attached hydrogens (tertiary/aromatic N) is 1. The Bertz CT molecular complexity index is 506. The van der Waals surface area contributed by atoms with E-state index < -0.39 is 5.91 Å². The Kier molecular flexibility index (Phi) is 3.34. The van der Waals surface area contributed by atoms with E-state index in [2.05, 4.69) is 0 Å². The third-order valence-corrected chi connectivity index (χ3v) is 3.81. The van der Waals surface area contributed by atoms with Gasteiger partial charge in [-0.05, 0) is 37.8 Å². The van der Waals surface area contributed by atoms with Gasteiger partial charge >= 0.3 is 0 Å². The molecule has 4 nitrogen and oxygen atoms in total. The summed E-state index contributed by atoms with van der Waals surface area (Å²) in [4.78, 5) is 25.3. The number of carbonyl (C=O) groups excluding carboxylic acids is 2. The second kappa shape index (κ2) is 5.13. The normalized spacial score (nSPS) is 22.1. The van der Waals surface area contributed by atoms with Crippen LogP contribution in [0.2, 0.25) is 0 Å². The molecular weight excluding hydrogens is 242 g/mol. The van der Waals surface area contributed by atoms with Crippen LogP contribution < -0.4 is 4.90 Å². The fraction of sp³-hybridized carbons (Fsp3) is 0.467. The topological polar surface area (TPSA) is 46.6 Å². The van der Waals surface area contributed by atoms with Crippen molar-refractivity contribution in [2.24, 2.45) is 0 Å². The third kappa shape index (κ3) is 2.28. The van der Waals surface area contributed by atoms with E-state index in [1.54, 1.807) is 17.0 Å². The number of rotatable bonds is 4. The van der Waals surface area contributed by atoms with Crippen LogP contribution in [0.5, 0.6) is 0 Å². The van der Waals surface area contributed by atoms with Gasteiger partial charge in [0.05, 0.1) is 17.4 Å². The van der Waals surface area contributed by atoms with E-state index in [4.69, 9.17) is 4.74 Å². The SMILES string of the molecule is O=C1C(=O)N(CCCC2CCCO2)c2ccccc21. The summed E-state index contributed by atoms with van der Waals surface area (Å²) < 4.78 is 5.56. The molecule has 0 radical (unpaired) electrons. The highest BCUT2D eigenvalue weighted by Gasteiger charge is 2.34. The summed E-state index contributed by atoms with van der Waals surface area (Å²) in [5.41, 5.74) is 1.29. The number of hydrogen-bond donors (Lipinski definition) is 0. The fourth-order valence-electron chi connectivity index (χ4n) is 2.82. The zero-order valence-electron chi connectivity index (χ0n) is 10.8. The third-order valence-electron chi connectivity index (χ3n) is 3.81. The lowest BCUT2D eigenvalue weighted by molar-refractivity contribution is -0.114. The molecule has 0 N–H and O–H groups in total. The van der Waals surface area contributed by atoms with Crippen LogP contribution in [0.4, 0.5) is 5.69 Å². The molecule has 1 aromatic rings. The maximum Gasteiger partial charge on any atom is 0.299 e. The number of para-hydroxylation sites is 1. The minimum atomic E-state index is -0.395. The van der Waals surface area contributed by atoms with Crippen molar-refractivity contribution in [3.63, 3.8) is 0 Å². The lowest BCUT2D eigenvalue weighted by atomic mass is 10.1. The summed E-state index contributed by atoms with van der Waals surface area (Å²) >= 11 is 0. The van der Waals surface area contributed by atoms with Crippen molar-refractivity contribution in [3.05, 3.63) is 29.8 Å². The molecule has 0 aliphatic carbocycles. The van der Waals surface area contributed by atoms with Gasteiger partial charge in [0, 0.05) is 13.2 Å². The molecule has 0 bridgehead atoms. The average molecular weight is 259 g/mol. The lowest BCUT2D eigenvalue weighted by Gasteiger charge is -2.17. The summed E-state index contributed by atoms with van der Waals surface area (Å²) in [6.45, 7) is 1.45. The molecule has 0 aromatic heterocycles. The Labute approximate surface area is 112 Å². The number of carbonyl (C=O) groups is 2. The molecule has 0 saturated carbocycles. The molecule has 19 heavy (non-hydrogen) atoms. The molecule has 1 saturated heterocycles. The predicted octanol–water partition coefficient (Wildman–Crippen LogP) is 2.18. The van der Waals surface area contributed by atoms with E-state index in [1.807, 2.05) is 12.1 Å². The molecule has 0 spiro atoms. The standard InChI is InChI=1S/C15H17NO3/c17-14-12-7-1-2-8-13(12)16(15(14)18)9-3-5-11-6-4-10-19-11/h1-2,7-8,11H,3-6,9-10H2. The second-order valence-electron chi connectivity index (χ2n) is 5.08. The minimum absolute atomic E-state index is 0.337. The smallest absolute Gasteiger partial charge is 0.299 e. The Morgan fingerprint density at radius 1 is 1.26 bits per heavy atom. The number of hydrogen-bond acceptors (Lipinski definition) is 3. The lowest BCUT2D eigenvalue weighted by Crippen LogP contribution is -2.31. The number of amides is 1. The van der Waals surface area contributed by atoms with Crippen LogP contribution in [-0.4, -0.2) is 30.9 Å². The molecular formula is C15H17NO3. The number of ketones is 1. The van der Waals surface area contributed by atoms with E-state index in [0.29, 0.717) is 18.2 Å². The Morgan fingerprint density at radius 3 is 2.89 bits per heavy atom. The van der Waals surface area contributed by atoms with Crippen LogP contribution in [-0.2, 0) is 9.53 Å². The van der Waals surface area contributed by atoms with E-state index in [1.165, 1.54) is 0 Å². The summed E-state index contributed by atoms with van der Waals surface area (Å²) in [6, 6.07) is 7.21. The first-order valence-electron chi connectivity index (χ1n) is 6.84. The van der Waals surface area contributed by atoms with Crippen LogP contribution in [0, 0.1) is 0 Å². The fourth-order valence-corrected chi connectivity index (χ4v) is 2.82. The highest BCUT2D eigenvalue weighted by atomic mass is 16.5. The van der Waals surface area contributed by atoms with Crippen LogP contribution in [0.1, 0.15) is 36.0 Å². The van der Waals surface area contributed by atoms with Gasteiger partial charge in [-0.2, -0.15) is 0 Å². The maximum atomic E-state index is 11.9. The van der Waals surface area contributed by atoms with E-state index >= 15 is 0 Å². The second-order valence-corrected chi connectivity index (χ2v) is 5.08. The summed E-state index contributed by atoms with van der Waals surface area (Å²) in [5, 5.41) is 0. The first-order valence-corrected chi connectivity index (χ1v) is 6.84. The van der Waals surface area contributed by atoms with Crippen LogP contribution in [0.15, 0.2) is 24.3 Å². The molecule has 1 unspecified atom stereocenters. The van der Waals surface area contributed by atoms with Gasteiger partial charge in [0.2, 0.25) is 0 Å². The number of ether oxygens (including phenoxy) is 1. The molecule has 2 aliphatic rings. The molecule has 1 atom stereocenters. The van der Waals surface area contributed by atoms with Crippen molar-refractivity contribution in [1.82, 2.24) is 0 Å². The molecule has 1 amide bonds. The van der Waals surface area contributed by atoms with Crippen molar-refractivity contribution in [3.8, 4) is 0 Å². The molecule has 1 aromatic carbocycles. The van der Waals surface area contributed by atoms with Crippen molar-refractivity contribution in [1.29, 1.82) is 0 Å². The quantitative estimate of drug-likeness (QED) is 0.779. The van der Waals surface area contributed by atoms with E-state index in [0.717, 1.165) is 38.0 Å². The number of Topliss-reactive ketones (excluding diaryl/α,β-unsaturated/α-hetero) is 1. The van der Waals surface area contributed by atoms with Gasteiger partial charge in [0.25, 0.3) is 11.7 Å². The zero-order valence-corrected chi connectivity index (χ0v) is 10.8. The van der Waals surface area contributed by atoms with Crippen LogP contribution >= 0.6 is 0 Å². The number of anilines is 1.